The molecular formula is C7H5F9O2. The smallest absolute Gasteiger partial charge is 0.326 e. The first-order chi connectivity index (χ1) is 7.65. The van der Waals surface area contributed by atoms with Crippen LogP contribution in [0, 0.1) is 0 Å². The zero-order valence-corrected chi connectivity index (χ0v) is 8.43. The fourth-order valence-electron chi connectivity index (χ4n) is 0.655. The SMILES string of the molecule is CC(=O)C(F)(OCC(F)(F)C(F)(F)F)C(F)(F)F. The van der Waals surface area contributed by atoms with E-state index in [1.54, 1.807) is 0 Å². The van der Waals surface area contributed by atoms with Crippen molar-refractivity contribution in [1.82, 2.24) is 0 Å². The van der Waals surface area contributed by atoms with Gasteiger partial charge in [0.25, 0.3) is 0 Å². The van der Waals surface area contributed by atoms with Crippen molar-refractivity contribution in [2.24, 2.45) is 0 Å². The van der Waals surface area contributed by atoms with Crippen molar-refractivity contribution in [1.29, 1.82) is 0 Å². The van der Waals surface area contributed by atoms with Crippen molar-refractivity contribution < 1.29 is 49.0 Å². The molecule has 0 aromatic carbocycles. The van der Waals surface area contributed by atoms with E-state index < -0.39 is 36.5 Å². The summed E-state index contributed by atoms with van der Waals surface area (Å²) in [4.78, 5) is 10.3. The summed E-state index contributed by atoms with van der Waals surface area (Å²) < 4.78 is 111. The molecule has 2 nitrogen and oxygen atoms in total. The van der Waals surface area contributed by atoms with E-state index in [0.29, 0.717) is 0 Å². The maximum absolute atomic E-state index is 12.9. The molecule has 1 unspecified atom stereocenters. The van der Waals surface area contributed by atoms with Gasteiger partial charge >= 0.3 is 24.1 Å². The lowest BCUT2D eigenvalue weighted by Gasteiger charge is -2.28. The summed E-state index contributed by atoms with van der Waals surface area (Å²) in [5, 5.41) is 0. The van der Waals surface area contributed by atoms with E-state index in [-0.39, 0.29) is 6.92 Å². The molecule has 0 aliphatic carbocycles. The summed E-state index contributed by atoms with van der Waals surface area (Å²) in [5.74, 6) is -13.3. The zero-order valence-electron chi connectivity index (χ0n) is 8.43. The highest BCUT2D eigenvalue weighted by molar-refractivity contribution is 5.84. The molecule has 1 atom stereocenters. The standard InChI is InChI=1S/C7H5F9O2/c1-3(17)5(10,7(14,15)16)18-2-4(8,9)6(11,12)13/h2H2,1H3. The Bertz CT molecular complexity index is 318. The first kappa shape index (κ1) is 17.0. The molecule has 0 heterocycles. The van der Waals surface area contributed by atoms with E-state index in [1.165, 1.54) is 0 Å². The average Bonchev–Trinajstić information content (AvgIpc) is 2.10. The molecule has 0 aliphatic heterocycles. The van der Waals surface area contributed by atoms with Gasteiger partial charge in [0, 0.05) is 6.92 Å². The topological polar surface area (TPSA) is 26.3 Å². The van der Waals surface area contributed by atoms with Gasteiger partial charge in [-0.25, -0.2) is 0 Å². The van der Waals surface area contributed by atoms with E-state index in [1.807, 2.05) is 0 Å². The monoisotopic (exact) mass is 292 g/mol. The van der Waals surface area contributed by atoms with Crippen LogP contribution in [-0.4, -0.2) is 36.5 Å². The van der Waals surface area contributed by atoms with Crippen LogP contribution in [-0.2, 0) is 9.53 Å². The number of carbonyl (C=O) groups is 1. The number of hydrogen-bond donors (Lipinski definition) is 0. The summed E-state index contributed by atoms with van der Waals surface area (Å²) in [6.07, 6.45) is -12.3. The highest BCUT2D eigenvalue weighted by atomic mass is 19.4. The van der Waals surface area contributed by atoms with Gasteiger partial charge in [0.05, 0.1) is 0 Å². The average molecular weight is 292 g/mol. The van der Waals surface area contributed by atoms with Crippen LogP contribution in [0.3, 0.4) is 0 Å². The third-order valence-corrected chi connectivity index (χ3v) is 1.68. The van der Waals surface area contributed by atoms with E-state index in [2.05, 4.69) is 4.74 Å². The van der Waals surface area contributed by atoms with Crippen LogP contribution in [0.15, 0.2) is 0 Å². The van der Waals surface area contributed by atoms with Crippen molar-refractivity contribution in [2.75, 3.05) is 6.61 Å². The van der Waals surface area contributed by atoms with Crippen LogP contribution in [0.1, 0.15) is 6.92 Å². The molecule has 18 heavy (non-hydrogen) atoms. The van der Waals surface area contributed by atoms with E-state index >= 15 is 0 Å². The normalized spacial score (nSPS) is 17.4. The number of ketones is 1. The number of halogens is 9. The van der Waals surface area contributed by atoms with E-state index in [9.17, 15) is 44.3 Å². The van der Waals surface area contributed by atoms with E-state index in [4.69, 9.17) is 0 Å². The lowest BCUT2D eigenvalue weighted by atomic mass is 10.2. The van der Waals surface area contributed by atoms with E-state index in [0.717, 1.165) is 0 Å². The molecule has 108 valence electrons. The molecule has 0 fully saturated rings. The third kappa shape index (κ3) is 3.27. The molecule has 11 heteroatoms. The summed E-state index contributed by atoms with van der Waals surface area (Å²) in [5.41, 5.74) is 0. The number of hydrogen-bond acceptors (Lipinski definition) is 2. The summed E-state index contributed by atoms with van der Waals surface area (Å²) in [6.45, 7) is -2.97. The molecule has 0 N–H and O–H groups in total. The Morgan fingerprint density at radius 2 is 1.28 bits per heavy atom. The van der Waals surface area contributed by atoms with Crippen LogP contribution in [0.25, 0.3) is 0 Å². The van der Waals surface area contributed by atoms with Crippen LogP contribution in [0.4, 0.5) is 39.5 Å². The second-order valence-electron chi connectivity index (χ2n) is 3.14. The predicted octanol–water partition coefficient (Wildman–Crippen LogP) is 3.02. The van der Waals surface area contributed by atoms with Gasteiger partial charge in [-0.15, -0.1) is 0 Å². The molecule has 0 aromatic heterocycles. The van der Waals surface area contributed by atoms with Crippen molar-refractivity contribution in [3.8, 4) is 0 Å². The Balaban J connectivity index is 5.04. The maximum atomic E-state index is 12.9. The van der Waals surface area contributed by atoms with Crippen LogP contribution in [0.5, 0.6) is 0 Å². The summed E-state index contributed by atoms with van der Waals surface area (Å²) in [7, 11) is 0. The molecule has 0 spiro atoms. The van der Waals surface area contributed by atoms with Crippen molar-refractivity contribution in [2.45, 2.75) is 31.1 Å². The largest absolute Gasteiger partial charge is 0.456 e. The van der Waals surface area contributed by atoms with Gasteiger partial charge in [0.2, 0.25) is 5.78 Å². The maximum Gasteiger partial charge on any atom is 0.456 e. The number of ether oxygens (including phenoxy) is 1. The molecule has 0 bridgehead atoms. The Morgan fingerprint density at radius 3 is 1.50 bits per heavy atom. The fraction of sp³-hybridized carbons (Fsp3) is 0.857. The minimum absolute atomic E-state index is 0.000772. The van der Waals surface area contributed by atoms with Crippen LogP contribution in [0.2, 0.25) is 0 Å². The van der Waals surface area contributed by atoms with Gasteiger partial charge in [-0.05, 0) is 0 Å². The third-order valence-electron chi connectivity index (χ3n) is 1.68. The Labute approximate surface area is 93.7 Å². The quantitative estimate of drug-likeness (QED) is 0.744. The highest BCUT2D eigenvalue weighted by Gasteiger charge is 2.65. The molecule has 0 radical (unpaired) electrons. The molecule has 0 saturated heterocycles. The van der Waals surface area contributed by atoms with Gasteiger partial charge in [-0.2, -0.15) is 39.5 Å². The minimum atomic E-state index is -6.23. The molecule has 0 amide bonds. The van der Waals surface area contributed by atoms with Crippen molar-refractivity contribution in [3.05, 3.63) is 0 Å². The lowest BCUT2D eigenvalue weighted by Crippen LogP contribution is -2.53. The molecule has 0 saturated carbocycles. The van der Waals surface area contributed by atoms with Crippen LogP contribution >= 0.6 is 0 Å². The van der Waals surface area contributed by atoms with Crippen molar-refractivity contribution in [3.63, 3.8) is 0 Å². The van der Waals surface area contributed by atoms with Crippen LogP contribution < -0.4 is 0 Å². The molecule has 0 aliphatic rings. The number of carbonyl (C=O) groups excluding carboxylic acids is 1. The molecule has 0 aromatic rings. The van der Waals surface area contributed by atoms with Gasteiger partial charge < -0.3 is 4.74 Å². The first-order valence-electron chi connectivity index (χ1n) is 4.00. The van der Waals surface area contributed by atoms with Gasteiger partial charge in [0.15, 0.2) is 0 Å². The summed E-state index contributed by atoms with van der Waals surface area (Å²) in [6, 6.07) is 0. The van der Waals surface area contributed by atoms with Crippen molar-refractivity contribution >= 4 is 5.78 Å². The zero-order chi connectivity index (χ0) is 15.0. The predicted molar refractivity (Wildman–Crippen MR) is 37.5 cm³/mol. The van der Waals surface area contributed by atoms with Gasteiger partial charge in [-0.3, -0.25) is 4.79 Å². The Morgan fingerprint density at radius 1 is 0.889 bits per heavy atom. The minimum Gasteiger partial charge on any atom is -0.326 e. The van der Waals surface area contributed by atoms with Gasteiger partial charge in [0.1, 0.15) is 6.61 Å². The number of rotatable bonds is 4. The highest BCUT2D eigenvalue weighted by Crippen LogP contribution is 2.40. The first-order valence-corrected chi connectivity index (χ1v) is 4.00. The second kappa shape index (κ2) is 4.59. The molecular weight excluding hydrogens is 287 g/mol. The second-order valence-corrected chi connectivity index (χ2v) is 3.14. The Kier molecular flexibility index (Phi) is 4.34. The van der Waals surface area contributed by atoms with Gasteiger partial charge in [-0.1, -0.05) is 0 Å². The fourth-order valence-corrected chi connectivity index (χ4v) is 0.655. The summed E-state index contributed by atoms with van der Waals surface area (Å²) >= 11 is 0. The number of Topliss-reactive ketones (excluding diaryl/α,β-unsaturated/α-hetero) is 1. The lowest BCUT2D eigenvalue weighted by molar-refractivity contribution is -0.352. The number of alkyl halides is 9. The Hall–Kier alpha value is -1.00. The molecule has 0 rings (SSSR count).